The van der Waals surface area contributed by atoms with Gasteiger partial charge in [-0.3, -0.25) is 0 Å². The highest BCUT2D eigenvalue weighted by Crippen LogP contribution is 2.42. The lowest BCUT2D eigenvalue weighted by Gasteiger charge is -2.27. The van der Waals surface area contributed by atoms with Gasteiger partial charge in [0.25, 0.3) is 0 Å². The van der Waals surface area contributed by atoms with Gasteiger partial charge < -0.3 is 14.4 Å². The van der Waals surface area contributed by atoms with Gasteiger partial charge in [-0.1, -0.05) is 195 Å². The lowest BCUT2D eigenvalue weighted by molar-refractivity contribution is 1.23. The van der Waals surface area contributed by atoms with E-state index in [0.717, 1.165) is 62.0 Å². The smallest absolute Gasteiger partial charge is 0.0561 e. The zero-order valence-corrected chi connectivity index (χ0v) is 39.1. The summed E-state index contributed by atoms with van der Waals surface area (Å²) >= 11 is 0. The van der Waals surface area contributed by atoms with Crippen LogP contribution in [0, 0.1) is 0 Å². The predicted octanol–water partition coefficient (Wildman–Crippen LogP) is 19.0. The summed E-state index contributed by atoms with van der Waals surface area (Å²) in [6, 6.07) is 91.6. The molecule has 0 aliphatic heterocycles. The second-order valence-corrected chi connectivity index (χ2v) is 17.4. The van der Waals surface area contributed by atoms with E-state index in [2.05, 4.69) is 294 Å². The van der Waals surface area contributed by atoms with Crippen molar-refractivity contribution >= 4 is 61.6 Å². The van der Waals surface area contributed by atoms with Gasteiger partial charge in [0.05, 0.1) is 11.0 Å². The van der Waals surface area contributed by atoms with Crippen LogP contribution in [0.2, 0.25) is 0 Å². The lowest BCUT2D eigenvalue weighted by Crippen LogP contribution is -2.10. The van der Waals surface area contributed by atoms with Gasteiger partial charge in [0, 0.05) is 50.6 Å². The molecule has 0 radical (unpaired) electrons. The van der Waals surface area contributed by atoms with Crippen LogP contribution in [0.25, 0.3) is 72.0 Å². The largest absolute Gasteiger partial charge is 0.311 e. The van der Waals surface area contributed by atoms with Crippen LogP contribution < -0.4 is 9.80 Å². The Morgan fingerprint density at radius 3 is 1.03 bits per heavy atom. The van der Waals surface area contributed by atoms with Gasteiger partial charge in [-0.05, 0) is 142 Å². The first-order valence-electron chi connectivity index (χ1n) is 23.9. The third kappa shape index (κ3) is 8.64. The van der Waals surface area contributed by atoms with Gasteiger partial charge in [-0.25, -0.2) is 0 Å². The Morgan fingerprint density at radius 1 is 0.343 bits per heavy atom. The fraction of sp³-hybridized carbons (Fsp3) is 0.0149. The summed E-state index contributed by atoms with van der Waals surface area (Å²) in [5.41, 5.74) is 19.2. The highest BCUT2D eigenvalue weighted by molar-refractivity contribution is 6.11. The van der Waals surface area contributed by atoms with Crippen LogP contribution in [0.3, 0.4) is 0 Å². The molecule has 3 heteroatoms. The number of hydrogen-bond donors (Lipinski definition) is 0. The van der Waals surface area contributed by atoms with Crippen molar-refractivity contribution in [3.05, 3.63) is 286 Å². The third-order valence-corrected chi connectivity index (χ3v) is 13.1. The van der Waals surface area contributed by atoms with Crippen molar-refractivity contribution in [3.8, 4) is 44.5 Å². The maximum atomic E-state index is 4.23. The van der Waals surface area contributed by atoms with Gasteiger partial charge in [0.15, 0.2) is 0 Å². The number of benzene rings is 10. The minimum absolute atomic E-state index is 1.01. The predicted molar refractivity (Wildman–Crippen MR) is 300 cm³/mol. The highest BCUT2D eigenvalue weighted by Gasteiger charge is 2.19. The first-order valence-corrected chi connectivity index (χ1v) is 23.9. The van der Waals surface area contributed by atoms with Crippen LogP contribution in [-0.2, 0) is 0 Å². The molecule has 70 heavy (non-hydrogen) atoms. The van der Waals surface area contributed by atoms with Gasteiger partial charge in [-0.2, -0.15) is 0 Å². The Bertz CT molecular complexity index is 3520. The molecule has 0 aliphatic rings. The van der Waals surface area contributed by atoms with Crippen LogP contribution in [0.4, 0.5) is 34.1 Å². The van der Waals surface area contributed by atoms with E-state index in [1.807, 2.05) is 13.0 Å². The zero-order valence-electron chi connectivity index (χ0n) is 39.1. The van der Waals surface area contributed by atoms with E-state index in [-0.39, 0.29) is 0 Å². The normalized spacial score (nSPS) is 11.6. The number of nitrogens with zero attached hydrogens (tertiary/aromatic N) is 3. The molecule has 0 saturated carbocycles. The van der Waals surface area contributed by atoms with Crippen molar-refractivity contribution in [1.29, 1.82) is 0 Å². The van der Waals surface area contributed by atoms with Crippen molar-refractivity contribution in [1.82, 2.24) is 4.57 Å². The molecule has 0 spiro atoms. The summed E-state index contributed by atoms with van der Waals surface area (Å²) in [5, 5.41) is 2.40. The molecule has 10 aromatic carbocycles. The Labute approximate surface area is 411 Å². The second-order valence-electron chi connectivity index (χ2n) is 17.4. The molecule has 334 valence electrons. The van der Waals surface area contributed by atoms with Crippen molar-refractivity contribution < 1.29 is 0 Å². The number of aromatic nitrogens is 1. The quantitative estimate of drug-likeness (QED) is 0.107. The molecule has 0 saturated heterocycles. The Morgan fingerprint density at radius 2 is 0.657 bits per heavy atom. The standard InChI is InChI=1S/C67H51N3/c1-3-5-23-57(4-2)70-66-25-16-15-24-64(66)65-47-46-63(48-67(65)70)69(61-42-30-54(31-43-61)51-21-13-8-14-22-51)62-44-34-56(35-45-62)55-32-40-60(41-33-55)68(58-36-26-52(27-37-58)49-17-9-6-10-18-49)59-38-28-53(29-39-59)50-19-11-7-12-20-50/h3-48H,2H2,1H3/b5-3-,57-23+. The van der Waals surface area contributed by atoms with Gasteiger partial charge in [0.2, 0.25) is 0 Å². The molecule has 3 nitrogen and oxygen atoms in total. The van der Waals surface area contributed by atoms with E-state index in [1.54, 1.807) is 0 Å². The third-order valence-electron chi connectivity index (χ3n) is 13.1. The monoisotopic (exact) mass is 897 g/mol. The first kappa shape index (κ1) is 43.4. The number of fused-ring (bicyclic) bond motifs is 3. The maximum absolute atomic E-state index is 4.23. The van der Waals surface area contributed by atoms with Crippen LogP contribution in [0.5, 0.6) is 0 Å². The van der Waals surface area contributed by atoms with Crippen LogP contribution in [0.1, 0.15) is 6.92 Å². The molecule has 0 aliphatic carbocycles. The fourth-order valence-electron chi connectivity index (χ4n) is 9.61. The van der Waals surface area contributed by atoms with Crippen LogP contribution in [-0.4, -0.2) is 4.57 Å². The number of allylic oxidation sites excluding steroid dienone is 5. The Hall–Kier alpha value is -9.18. The summed E-state index contributed by atoms with van der Waals surface area (Å²) in [6.07, 6.45) is 8.19. The van der Waals surface area contributed by atoms with Crippen molar-refractivity contribution in [3.63, 3.8) is 0 Å². The molecule has 0 N–H and O–H groups in total. The van der Waals surface area contributed by atoms with Crippen molar-refractivity contribution in [2.45, 2.75) is 6.92 Å². The van der Waals surface area contributed by atoms with Crippen molar-refractivity contribution in [2.75, 3.05) is 9.80 Å². The highest BCUT2D eigenvalue weighted by atomic mass is 15.1. The molecule has 11 aromatic rings. The minimum Gasteiger partial charge on any atom is -0.311 e. The molecule has 1 heterocycles. The average Bonchev–Trinajstić information content (AvgIpc) is 3.76. The maximum Gasteiger partial charge on any atom is 0.0561 e. The fourth-order valence-corrected chi connectivity index (χ4v) is 9.61. The van der Waals surface area contributed by atoms with E-state index in [9.17, 15) is 0 Å². The summed E-state index contributed by atoms with van der Waals surface area (Å²) in [5.74, 6) is 0. The minimum atomic E-state index is 1.01. The van der Waals surface area contributed by atoms with Gasteiger partial charge >= 0.3 is 0 Å². The molecule has 11 rings (SSSR count). The topological polar surface area (TPSA) is 11.4 Å². The van der Waals surface area contributed by atoms with Crippen molar-refractivity contribution in [2.24, 2.45) is 0 Å². The van der Waals surface area contributed by atoms with E-state index in [0.29, 0.717) is 0 Å². The van der Waals surface area contributed by atoms with Crippen LogP contribution >= 0.6 is 0 Å². The number of hydrogen-bond acceptors (Lipinski definition) is 2. The second kappa shape index (κ2) is 19.6. The Balaban J connectivity index is 0.958. The van der Waals surface area contributed by atoms with Gasteiger partial charge in [0.1, 0.15) is 0 Å². The summed E-state index contributed by atoms with van der Waals surface area (Å²) < 4.78 is 2.32. The number of anilines is 6. The lowest BCUT2D eigenvalue weighted by atomic mass is 10.0. The molecule has 1 aromatic heterocycles. The molecular weight excluding hydrogens is 847 g/mol. The number of rotatable bonds is 13. The summed E-state index contributed by atoms with van der Waals surface area (Å²) in [4.78, 5) is 4.69. The number of para-hydroxylation sites is 1. The summed E-state index contributed by atoms with van der Waals surface area (Å²) in [7, 11) is 0. The molecule has 0 amide bonds. The Kier molecular flexibility index (Phi) is 12.1. The average molecular weight is 898 g/mol. The van der Waals surface area contributed by atoms with E-state index in [4.69, 9.17) is 0 Å². The van der Waals surface area contributed by atoms with Gasteiger partial charge in [-0.15, -0.1) is 0 Å². The van der Waals surface area contributed by atoms with E-state index >= 15 is 0 Å². The molecular formula is C67H51N3. The molecule has 0 unspecified atom stereocenters. The van der Waals surface area contributed by atoms with Crippen LogP contribution in [0.15, 0.2) is 286 Å². The molecule has 0 atom stereocenters. The molecule has 0 fully saturated rings. The zero-order chi connectivity index (χ0) is 47.2. The molecule has 0 bridgehead atoms. The SMILES string of the molecule is C=C/C(=C\C=C/C)n1c2ccccc2c2ccc(N(c3ccc(-c4ccccc4)cc3)c3ccc(-c4ccc(N(c5ccc(-c6ccccc6)cc5)c5ccc(-c6ccccc6)cc5)cc4)cc3)cc21. The summed E-state index contributed by atoms with van der Waals surface area (Å²) in [6.45, 7) is 6.27. The van der Waals surface area contributed by atoms with E-state index in [1.165, 1.54) is 44.2 Å². The van der Waals surface area contributed by atoms with E-state index < -0.39 is 0 Å². The first-order chi connectivity index (χ1) is 34.6.